The summed E-state index contributed by atoms with van der Waals surface area (Å²) in [5.41, 5.74) is 12.2. The molecule has 11 heteroatoms. The Kier molecular flexibility index (Phi) is 9.56. The molecule has 0 spiro atoms. The number of carbonyl (C=O) groups excluding carboxylic acids is 2. The van der Waals surface area contributed by atoms with E-state index in [1.807, 2.05) is 7.11 Å². The summed E-state index contributed by atoms with van der Waals surface area (Å²) in [6, 6.07) is 8.60. The van der Waals surface area contributed by atoms with E-state index in [2.05, 4.69) is 39.9 Å². The number of amides is 2. The molecule has 0 saturated heterocycles. The minimum Gasteiger partial charge on any atom is -0.429 e. The van der Waals surface area contributed by atoms with Crippen molar-refractivity contribution in [2.45, 2.75) is 101 Å². The Morgan fingerprint density at radius 3 is 2.23 bits per heavy atom. The SMILES string of the molecule is COC12CCC(c3ccc(CNC(=O)C4(C(=O)N[C@@H](CCCN=C(N)N)O[B]O)CCCC4)cc3)(CC1)CC2. The first-order valence-corrected chi connectivity index (χ1v) is 14.2. The number of ether oxygens (including phenoxy) is 1. The summed E-state index contributed by atoms with van der Waals surface area (Å²) in [5, 5.41) is 15.0. The van der Waals surface area contributed by atoms with Crippen LogP contribution in [0.5, 0.6) is 0 Å². The second kappa shape index (κ2) is 12.7. The van der Waals surface area contributed by atoms with Gasteiger partial charge in [0.15, 0.2) is 5.96 Å². The maximum atomic E-state index is 13.4. The molecule has 1 aromatic carbocycles. The third kappa shape index (κ3) is 6.58. The third-order valence-electron chi connectivity index (χ3n) is 9.39. The molecule has 1 aromatic rings. The van der Waals surface area contributed by atoms with Crippen LogP contribution in [0.3, 0.4) is 0 Å². The van der Waals surface area contributed by atoms with Crippen molar-refractivity contribution >= 4 is 25.5 Å². The zero-order valence-corrected chi connectivity index (χ0v) is 23.0. The van der Waals surface area contributed by atoms with E-state index in [1.54, 1.807) is 0 Å². The quantitative estimate of drug-likeness (QED) is 0.0638. The summed E-state index contributed by atoms with van der Waals surface area (Å²) < 4.78 is 11.0. The van der Waals surface area contributed by atoms with Gasteiger partial charge in [0.1, 0.15) is 11.6 Å². The van der Waals surface area contributed by atoms with Crippen molar-refractivity contribution in [3.63, 3.8) is 0 Å². The van der Waals surface area contributed by atoms with Gasteiger partial charge in [-0.25, -0.2) is 0 Å². The Bertz CT molecular complexity index is 999. The van der Waals surface area contributed by atoms with Crippen molar-refractivity contribution in [1.82, 2.24) is 10.6 Å². The van der Waals surface area contributed by atoms with Gasteiger partial charge in [-0.05, 0) is 80.8 Å². The van der Waals surface area contributed by atoms with Gasteiger partial charge >= 0.3 is 7.69 Å². The molecule has 4 aliphatic rings. The number of guanidine groups is 1. The molecular formula is C28H43BN5O5. The number of nitrogens with two attached hydrogens (primary N) is 2. The number of fused-ring (bicyclic) bond motifs is 3. The Morgan fingerprint density at radius 2 is 1.67 bits per heavy atom. The average molecular weight is 540 g/mol. The third-order valence-corrected chi connectivity index (χ3v) is 9.39. The fourth-order valence-corrected chi connectivity index (χ4v) is 6.77. The van der Waals surface area contributed by atoms with Crippen molar-refractivity contribution < 1.29 is 24.0 Å². The van der Waals surface area contributed by atoms with Crippen LogP contribution in [0, 0.1) is 5.41 Å². The van der Waals surface area contributed by atoms with Gasteiger partial charge in [0.25, 0.3) is 0 Å². The van der Waals surface area contributed by atoms with Crippen molar-refractivity contribution in [2.75, 3.05) is 13.7 Å². The van der Waals surface area contributed by atoms with E-state index in [0.717, 1.165) is 56.9 Å². The number of carbonyl (C=O) groups is 2. The molecule has 4 aliphatic carbocycles. The molecule has 0 heterocycles. The molecule has 0 aliphatic heterocycles. The fraction of sp³-hybridized carbons (Fsp3) is 0.679. The average Bonchev–Trinajstić information content (AvgIpc) is 3.47. The van der Waals surface area contributed by atoms with Gasteiger partial charge in [0.05, 0.1) is 5.60 Å². The maximum Gasteiger partial charge on any atom is 0.486 e. The number of aliphatic imine (C=N–C) groups is 1. The van der Waals surface area contributed by atoms with E-state index in [-0.39, 0.29) is 28.8 Å². The molecule has 4 saturated carbocycles. The van der Waals surface area contributed by atoms with Gasteiger partial charge in [-0.3, -0.25) is 14.6 Å². The number of hydrogen-bond donors (Lipinski definition) is 5. The highest BCUT2D eigenvalue weighted by Gasteiger charge is 2.50. The Hall–Kier alpha value is -2.63. The molecule has 10 nitrogen and oxygen atoms in total. The van der Waals surface area contributed by atoms with E-state index in [9.17, 15) is 9.59 Å². The molecule has 0 aromatic heterocycles. The van der Waals surface area contributed by atoms with Crippen LogP contribution in [-0.2, 0) is 30.9 Å². The second-order valence-electron chi connectivity index (χ2n) is 11.5. The Labute approximate surface area is 232 Å². The van der Waals surface area contributed by atoms with Crippen LogP contribution in [0.15, 0.2) is 29.3 Å². The molecular weight excluding hydrogens is 497 g/mol. The topological polar surface area (TPSA) is 161 Å². The molecule has 1 atom stereocenters. The monoisotopic (exact) mass is 540 g/mol. The van der Waals surface area contributed by atoms with E-state index >= 15 is 0 Å². The highest BCUT2D eigenvalue weighted by Crippen LogP contribution is 2.54. The standard InChI is InChI=1S/C28H43BN5O5/c1-38-27-15-12-26(13-16-27,14-17-27)21-8-6-20(7-9-21)19-33-23(35)28(10-2-3-11-28)24(36)34-22(39-29-37)5-4-18-32-25(30)31/h6-9,22,37H,2-5,10-19H2,1H3,(H,33,35)(H,34,36)(H4,30,31,32)/t22-,26?,27?/m1/s1. The molecule has 2 bridgehead atoms. The molecule has 7 N–H and O–H groups in total. The summed E-state index contributed by atoms with van der Waals surface area (Å²) in [6.45, 7) is 0.722. The minimum absolute atomic E-state index is 0.0118. The number of benzene rings is 1. The lowest BCUT2D eigenvalue weighted by Gasteiger charge is -2.53. The van der Waals surface area contributed by atoms with Crippen LogP contribution < -0.4 is 22.1 Å². The van der Waals surface area contributed by atoms with E-state index in [4.69, 9.17) is 25.9 Å². The van der Waals surface area contributed by atoms with Gasteiger partial charge < -0.3 is 36.5 Å². The van der Waals surface area contributed by atoms with Crippen molar-refractivity contribution in [2.24, 2.45) is 21.9 Å². The summed E-state index contributed by atoms with van der Waals surface area (Å²) in [7, 11) is 2.39. The summed E-state index contributed by atoms with van der Waals surface area (Å²) in [4.78, 5) is 30.7. The number of nitrogens with one attached hydrogen (secondary N) is 2. The summed E-state index contributed by atoms with van der Waals surface area (Å²) >= 11 is 0. The number of rotatable bonds is 13. The fourth-order valence-electron chi connectivity index (χ4n) is 6.77. The summed E-state index contributed by atoms with van der Waals surface area (Å²) in [5.74, 6) is -0.674. The normalized spacial score (nSPS) is 26.0. The predicted octanol–water partition coefficient (Wildman–Crippen LogP) is 1.89. The van der Waals surface area contributed by atoms with Crippen molar-refractivity contribution in [3.8, 4) is 0 Å². The number of methoxy groups -OCH3 is 1. The summed E-state index contributed by atoms with van der Waals surface area (Å²) in [6.07, 6.45) is 9.45. The largest absolute Gasteiger partial charge is 0.486 e. The smallest absolute Gasteiger partial charge is 0.429 e. The van der Waals surface area contributed by atoms with Crippen LogP contribution >= 0.6 is 0 Å². The molecule has 213 valence electrons. The van der Waals surface area contributed by atoms with Crippen LogP contribution in [0.2, 0.25) is 0 Å². The Morgan fingerprint density at radius 1 is 1.03 bits per heavy atom. The number of nitrogens with zero attached hydrogens (tertiary/aromatic N) is 1. The molecule has 4 fully saturated rings. The van der Waals surface area contributed by atoms with Crippen LogP contribution in [0.25, 0.3) is 0 Å². The van der Waals surface area contributed by atoms with E-state index < -0.39 is 11.6 Å². The first-order chi connectivity index (χ1) is 18.8. The highest BCUT2D eigenvalue weighted by atomic mass is 16.5. The molecule has 2 amide bonds. The maximum absolute atomic E-state index is 13.4. The second-order valence-corrected chi connectivity index (χ2v) is 11.5. The highest BCUT2D eigenvalue weighted by molar-refractivity contribution is 6.16. The van der Waals surface area contributed by atoms with Gasteiger partial charge in [-0.2, -0.15) is 0 Å². The first-order valence-electron chi connectivity index (χ1n) is 14.2. The predicted molar refractivity (Wildman–Crippen MR) is 149 cm³/mol. The van der Waals surface area contributed by atoms with Gasteiger partial charge in [0.2, 0.25) is 11.8 Å². The van der Waals surface area contributed by atoms with Crippen molar-refractivity contribution in [3.05, 3.63) is 35.4 Å². The lowest BCUT2D eigenvalue weighted by molar-refractivity contribution is -0.145. The van der Waals surface area contributed by atoms with E-state index in [0.29, 0.717) is 46.5 Å². The van der Waals surface area contributed by atoms with Gasteiger partial charge in [-0.1, -0.05) is 37.1 Å². The molecule has 0 unspecified atom stereocenters. The zero-order valence-electron chi connectivity index (χ0n) is 23.0. The first kappa shape index (κ1) is 29.4. The molecule has 39 heavy (non-hydrogen) atoms. The lowest BCUT2D eigenvalue weighted by atomic mass is 9.56. The Balaban J connectivity index is 1.34. The number of hydrogen-bond acceptors (Lipinski definition) is 6. The molecule has 1 radical (unpaired) electrons. The van der Waals surface area contributed by atoms with Crippen LogP contribution in [-0.4, -0.2) is 56.0 Å². The van der Waals surface area contributed by atoms with Crippen LogP contribution in [0.1, 0.15) is 88.2 Å². The van der Waals surface area contributed by atoms with Crippen LogP contribution in [0.4, 0.5) is 0 Å². The minimum atomic E-state index is -1.16. The van der Waals surface area contributed by atoms with Gasteiger partial charge in [0, 0.05) is 20.2 Å². The van der Waals surface area contributed by atoms with Gasteiger partial charge in [-0.15, -0.1) is 0 Å². The zero-order chi connectivity index (χ0) is 27.9. The molecule has 5 rings (SSSR count). The lowest BCUT2D eigenvalue weighted by Crippen LogP contribution is -2.53. The van der Waals surface area contributed by atoms with E-state index in [1.165, 1.54) is 5.56 Å². The van der Waals surface area contributed by atoms with Crippen molar-refractivity contribution in [1.29, 1.82) is 0 Å².